The average molecular weight is 334 g/mol. The summed E-state index contributed by atoms with van der Waals surface area (Å²) in [6, 6.07) is 0.314. The summed E-state index contributed by atoms with van der Waals surface area (Å²) in [4.78, 5) is 27.2. The van der Waals surface area contributed by atoms with Crippen molar-refractivity contribution in [3.05, 3.63) is 20.2 Å². The molecule has 0 saturated carbocycles. The molecule has 5 nitrogen and oxygen atoms in total. The van der Waals surface area contributed by atoms with Crippen LogP contribution in [0.15, 0.2) is 4.79 Å². The van der Waals surface area contributed by atoms with E-state index < -0.39 is 0 Å². The first-order valence-corrected chi connectivity index (χ1v) is 7.97. The van der Waals surface area contributed by atoms with E-state index in [4.69, 9.17) is 0 Å². The highest BCUT2D eigenvalue weighted by atomic mass is 35.5. The molecule has 1 N–H and O–H groups in total. The molecule has 1 amide bonds. The molecule has 7 heteroatoms. The molecule has 1 atom stereocenters. The third-order valence-electron chi connectivity index (χ3n) is 4.06. The zero-order valence-electron chi connectivity index (χ0n) is 12.8. The Bertz CT molecular complexity index is 541. The number of nitrogens with one attached hydrogen (secondary N) is 1. The second kappa shape index (κ2) is 7.96. The van der Waals surface area contributed by atoms with Crippen LogP contribution in [0.1, 0.15) is 29.8 Å². The van der Waals surface area contributed by atoms with Crippen LogP contribution in [0.2, 0.25) is 0 Å². The van der Waals surface area contributed by atoms with Gasteiger partial charge in [-0.2, -0.15) is 0 Å². The van der Waals surface area contributed by atoms with E-state index in [2.05, 4.69) is 5.32 Å². The zero-order valence-corrected chi connectivity index (χ0v) is 14.5. The van der Waals surface area contributed by atoms with Crippen LogP contribution in [0.4, 0.5) is 0 Å². The zero-order chi connectivity index (χ0) is 14.7. The van der Waals surface area contributed by atoms with Gasteiger partial charge in [0.2, 0.25) is 5.91 Å². The summed E-state index contributed by atoms with van der Waals surface area (Å²) >= 11 is 1.26. The number of likely N-dealkylation sites (N-methyl/N-ethyl adjacent to an activating group) is 1. The molecule has 0 aliphatic carbocycles. The van der Waals surface area contributed by atoms with Crippen LogP contribution >= 0.6 is 23.7 Å². The highest BCUT2D eigenvalue weighted by Gasteiger charge is 2.27. The van der Waals surface area contributed by atoms with Crippen molar-refractivity contribution in [1.82, 2.24) is 14.8 Å². The summed E-state index contributed by atoms with van der Waals surface area (Å²) in [6.07, 6.45) is 2.56. The predicted octanol–water partition coefficient (Wildman–Crippen LogP) is 1.55. The molecule has 2 rings (SSSR count). The highest BCUT2D eigenvalue weighted by Crippen LogP contribution is 2.18. The van der Waals surface area contributed by atoms with Crippen LogP contribution in [0, 0.1) is 13.8 Å². The Kier molecular flexibility index (Phi) is 6.90. The molecule has 1 unspecified atom stereocenters. The lowest BCUT2D eigenvalue weighted by Gasteiger charge is -2.24. The quantitative estimate of drug-likeness (QED) is 0.889. The minimum atomic E-state index is 0. The number of rotatable bonds is 5. The van der Waals surface area contributed by atoms with E-state index in [1.165, 1.54) is 11.3 Å². The van der Waals surface area contributed by atoms with Gasteiger partial charge in [-0.3, -0.25) is 9.59 Å². The van der Waals surface area contributed by atoms with Crippen LogP contribution in [0.25, 0.3) is 0 Å². The Morgan fingerprint density at radius 1 is 1.43 bits per heavy atom. The Morgan fingerprint density at radius 2 is 2.14 bits per heavy atom. The lowest BCUT2D eigenvalue weighted by Crippen LogP contribution is -2.41. The Hall–Kier alpha value is -0.850. The van der Waals surface area contributed by atoms with Crippen molar-refractivity contribution in [2.24, 2.45) is 0 Å². The summed E-state index contributed by atoms with van der Waals surface area (Å²) in [7, 11) is 1.91. The Labute approximate surface area is 135 Å². The molecule has 120 valence electrons. The number of halogens is 1. The molecule has 1 saturated heterocycles. The molecule has 0 bridgehead atoms. The maximum atomic E-state index is 12.3. The molecule has 0 aromatic carbocycles. The largest absolute Gasteiger partial charge is 0.338 e. The smallest absolute Gasteiger partial charge is 0.307 e. The van der Waals surface area contributed by atoms with Gasteiger partial charge >= 0.3 is 4.87 Å². The minimum Gasteiger partial charge on any atom is -0.338 e. The maximum absolute atomic E-state index is 12.3. The Morgan fingerprint density at radius 3 is 2.71 bits per heavy atom. The molecule has 0 radical (unpaired) electrons. The number of likely N-dealkylation sites (tertiary alicyclic amines) is 1. The number of carbonyl (C=O) groups excluding carboxylic acids is 1. The first-order chi connectivity index (χ1) is 9.54. The Balaban J connectivity index is 0.00000220. The van der Waals surface area contributed by atoms with E-state index in [1.807, 2.05) is 25.8 Å². The van der Waals surface area contributed by atoms with Crippen molar-refractivity contribution in [3.63, 3.8) is 0 Å². The van der Waals surface area contributed by atoms with Gasteiger partial charge in [0, 0.05) is 42.7 Å². The van der Waals surface area contributed by atoms with Crippen LogP contribution < -0.4 is 10.2 Å². The molecule has 0 spiro atoms. The van der Waals surface area contributed by atoms with Crippen molar-refractivity contribution in [3.8, 4) is 0 Å². The number of nitrogens with zero attached hydrogens (tertiary/aromatic N) is 2. The number of amides is 1. The predicted molar refractivity (Wildman–Crippen MR) is 88.6 cm³/mol. The van der Waals surface area contributed by atoms with Crippen molar-refractivity contribution in [2.75, 3.05) is 20.1 Å². The number of thiazole rings is 1. The molecule has 1 aromatic heterocycles. The lowest BCUT2D eigenvalue weighted by atomic mass is 10.2. The third-order valence-corrected chi connectivity index (χ3v) is 5.06. The monoisotopic (exact) mass is 333 g/mol. The SMILES string of the molecule is CNCC1CCCN1C(=O)CCn1c(C)c(C)sc1=O.Cl. The fourth-order valence-corrected chi connectivity index (χ4v) is 3.67. The van der Waals surface area contributed by atoms with Crippen molar-refractivity contribution < 1.29 is 4.79 Å². The van der Waals surface area contributed by atoms with E-state index >= 15 is 0 Å². The first-order valence-electron chi connectivity index (χ1n) is 7.15. The summed E-state index contributed by atoms with van der Waals surface area (Å²) in [5.74, 6) is 0.165. The van der Waals surface area contributed by atoms with E-state index in [9.17, 15) is 9.59 Å². The summed E-state index contributed by atoms with van der Waals surface area (Å²) < 4.78 is 1.72. The van der Waals surface area contributed by atoms with Gasteiger partial charge in [-0.05, 0) is 33.7 Å². The topological polar surface area (TPSA) is 54.3 Å². The van der Waals surface area contributed by atoms with Crippen molar-refractivity contribution >= 4 is 29.7 Å². The van der Waals surface area contributed by atoms with Gasteiger partial charge in [0.1, 0.15) is 0 Å². The molecule has 1 aromatic rings. The van der Waals surface area contributed by atoms with Gasteiger partial charge in [0.15, 0.2) is 0 Å². The van der Waals surface area contributed by atoms with Gasteiger partial charge < -0.3 is 14.8 Å². The van der Waals surface area contributed by atoms with E-state index in [0.29, 0.717) is 19.0 Å². The fraction of sp³-hybridized carbons (Fsp3) is 0.714. The highest BCUT2D eigenvalue weighted by molar-refractivity contribution is 7.09. The summed E-state index contributed by atoms with van der Waals surface area (Å²) in [6.45, 7) is 6.08. The number of carbonyl (C=O) groups is 1. The van der Waals surface area contributed by atoms with Gasteiger partial charge in [-0.25, -0.2) is 0 Å². The van der Waals surface area contributed by atoms with E-state index in [0.717, 1.165) is 36.5 Å². The van der Waals surface area contributed by atoms with Gasteiger partial charge in [0.25, 0.3) is 0 Å². The van der Waals surface area contributed by atoms with E-state index in [-0.39, 0.29) is 23.2 Å². The van der Waals surface area contributed by atoms with Crippen LogP contribution in [-0.2, 0) is 11.3 Å². The second-order valence-corrected chi connectivity index (χ2v) is 6.52. The fourth-order valence-electron chi connectivity index (χ4n) is 2.81. The minimum absolute atomic E-state index is 0. The third kappa shape index (κ3) is 4.08. The molecule has 1 fully saturated rings. The molecule has 21 heavy (non-hydrogen) atoms. The van der Waals surface area contributed by atoms with Gasteiger partial charge in [-0.15, -0.1) is 12.4 Å². The van der Waals surface area contributed by atoms with E-state index in [1.54, 1.807) is 4.57 Å². The molecular weight excluding hydrogens is 310 g/mol. The molecular formula is C14H24ClN3O2S. The average Bonchev–Trinajstić information content (AvgIpc) is 2.95. The van der Waals surface area contributed by atoms with Crippen molar-refractivity contribution in [1.29, 1.82) is 0 Å². The normalized spacial score (nSPS) is 17.9. The first kappa shape index (κ1) is 18.2. The van der Waals surface area contributed by atoms with Crippen molar-refractivity contribution in [2.45, 2.75) is 45.7 Å². The number of hydrogen-bond donors (Lipinski definition) is 1. The molecule has 1 aliphatic rings. The van der Waals surface area contributed by atoms with Crippen LogP contribution in [0.5, 0.6) is 0 Å². The maximum Gasteiger partial charge on any atom is 0.307 e. The molecule has 1 aliphatic heterocycles. The number of aryl methyl sites for hydroxylation is 1. The molecule has 2 heterocycles. The number of aromatic nitrogens is 1. The lowest BCUT2D eigenvalue weighted by molar-refractivity contribution is -0.132. The standard InChI is InChI=1S/C14H23N3O2S.ClH/c1-10-11(2)20-14(19)16(10)8-6-13(18)17-7-4-5-12(17)9-15-3;/h12,15H,4-9H2,1-3H3;1H. The summed E-state index contributed by atoms with van der Waals surface area (Å²) in [5, 5.41) is 3.14. The van der Waals surface area contributed by atoms with Crippen LogP contribution in [0.3, 0.4) is 0 Å². The van der Waals surface area contributed by atoms with Gasteiger partial charge in [0.05, 0.1) is 0 Å². The number of hydrogen-bond acceptors (Lipinski definition) is 4. The van der Waals surface area contributed by atoms with Crippen LogP contribution in [-0.4, -0.2) is 41.6 Å². The second-order valence-electron chi connectivity index (χ2n) is 5.35. The summed E-state index contributed by atoms with van der Waals surface area (Å²) in [5.41, 5.74) is 0.987. The van der Waals surface area contributed by atoms with Gasteiger partial charge in [-0.1, -0.05) is 11.3 Å².